The summed E-state index contributed by atoms with van der Waals surface area (Å²) in [7, 11) is 0. The van der Waals surface area contributed by atoms with E-state index in [0.29, 0.717) is 6.61 Å². The van der Waals surface area contributed by atoms with Crippen molar-refractivity contribution >= 4 is 23.4 Å². The molecule has 0 saturated carbocycles. The summed E-state index contributed by atoms with van der Waals surface area (Å²) < 4.78 is 4.89. The molecule has 0 aliphatic carbocycles. The second-order valence-electron chi connectivity index (χ2n) is 6.21. The number of aromatic nitrogens is 1. The van der Waals surface area contributed by atoms with E-state index in [2.05, 4.69) is 31.2 Å². The number of hydrogen-bond acceptors (Lipinski definition) is 4. The lowest BCUT2D eigenvalue weighted by Crippen LogP contribution is -1.98. The molecule has 3 nitrogen and oxygen atoms in total. The second-order valence-corrected chi connectivity index (χ2v) is 7.49. The molecular weight excluding hydrogens is 354 g/mol. The summed E-state index contributed by atoms with van der Waals surface area (Å²) in [6.07, 6.45) is 5.11. The van der Waals surface area contributed by atoms with Crippen molar-refractivity contribution in [3.8, 4) is 11.3 Å². The molecule has 0 unspecified atom stereocenters. The van der Waals surface area contributed by atoms with Gasteiger partial charge in [0.2, 0.25) is 0 Å². The van der Waals surface area contributed by atoms with E-state index < -0.39 is 0 Å². The normalized spacial score (nSPS) is 11.0. The number of aryl methyl sites for hydroxylation is 3. The van der Waals surface area contributed by atoms with Crippen LogP contribution in [0.5, 0.6) is 0 Å². The maximum atomic E-state index is 11.4. The summed E-state index contributed by atoms with van der Waals surface area (Å²) in [6.45, 7) is 4.33. The van der Waals surface area contributed by atoms with Crippen LogP contribution < -0.4 is 0 Å². The van der Waals surface area contributed by atoms with E-state index in [4.69, 9.17) is 9.72 Å². The Labute approximate surface area is 164 Å². The van der Waals surface area contributed by atoms with Crippen LogP contribution in [0.2, 0.25) is 0 Å². The highest BCUT2D eigenvalue weighted by molar-refractivity contribution is 7.12. The van der Waals surface area contributed by atoms with Gasteiger partial charge in [0, 0.05) is 22.9 Å². The van der Waals surface area contributed by atoms with Crippen molar-refractivity contribution in [3.63, 3.8) is 0 Å². The van der Waals surface area contributed by atoms with E-state index in [0.717, 1.165) is 29.1 Å². The Kier molecular flexibility index (Phi) is 6.55. The summed E-state index contributed by atoms with van der Waals surface area (Å²) >= 11 is 1.77. The van der Waals surface area contributed by atoms with Gasteiger partial charge in [0.15, 0.2) is 0 Å². The van der Waals surface area contributed by atoms with Gasteiger partial charge in [-0.1, -0.05) is 54.6 Å². The Bertz CT molecular complexity index is 911. The molecule has 0 aliphatic heterocycles. The number of rotatable bonds is 7. The standard InChI is InChI=1S/C23H23NO2S/c1-3-26-22(25)16-14-19-11-9-18(10-12-19)13-15-21-24-23(17(2)27-21)20-7-5-4-6-8-20/h4-12,14,16H,3,13,15H2,1-2H3/b16-14+. The molecule has 0 atom stereocenters. The molecule has 3 aromatic rings. The summed E-state index contributed by atoms with van der Waals surface area (Å²) in [4.78, 5) is 17.5. The monoisotopic (exact) mass is 377 g/mol. The van der Waals surface area contributed by atoms with Crippen molar-refractivity contribution in [2.24, 2.45) is 0 Å². The van der Waals surface area contributed by atoms with Crippen LogP contribution in [0.3, 0.4) is 0 Å². The van der Waals surface area contributed by atoms with Crippen LogP contribution in [0.4, 0.5) is 0 Å². The summed E-state index contributed by atoms with van der Waals surface area (Å²) in [6, 6.07) is 18.6. The number of carbonyl (C=O) groups excluding carboxylic acids is 1. The third kappa shape index (κ3) is 5.38. The Morgan fingerprint density at radius 2 is 1.81 bits per heavy atom. The Hall–Kier alpha value is -2.72. The van der Waals surface area contributed by atoms with Crippen LogP contribution >= 0.6 is 11.3 Å². The van der Waals surface area contributed by atoms with Crippen LogP contribution in [0.25, 0.3) is 17.3 Å². The van der Waals surface area contributed by atoms with Gasteiger partial charge in [0.1, 0.15) is 0 Å². The molecule has 138 valence electrons. The van der Waals surface area contributed by atoms with Crippen molar-refractivity contribution in [3.05, 3.63) is 81.7 Å². The lowest BCUT2D eigenvalue weighted by Gasteiger charge is -2.01. The first-order valence-corrected chi connectivity index (χ1v) is 9.93. The van der Waals surface area contributed by atoms with Gasteiger partial charge in [-0.15, -0.1) is 11.3 Å². The Balaban J connectivity index is 1.60. The molecule has 0 aliphatic rings. The van der Waals surface area contributed by atoms with Crippen LogP contribution in [0.15, 0.2) is 60.7 Å². The minimum absolute atomic E-state index is 0.310. The first kappa shape index (κ1) is 19.1. The van der Waals surface area contributed by atoms with Crippen molar-refractivity contribution in [2.75, 3.05) is 6.61 Å². The largest absolute Gasteiger partial charge is 0.463 e. The number of hydrogen-bond donors (Lipinski definition) is 0. The lowest BCUT2D eigenvalue weighted by molar-refractivity contribution is -0.137. The highest BCUT2D eigenvalue weighted by Gasteiger charge is 2.09. The van der Waals surface area contributed by atoms with Gasteiger partial charge in [-0.25, -0.2) is 9.78 Å². The zero-order chi connectivity index (χ0) is 19.1. The SMILES string of the molecule is CCOC(=O)/C=C/c1ccc(CCc2nc(-c3ccccc3)c(C)s2)cc1. The molecule has 0 spiro atoms. The molecule has 0 radical (unpaired) electrons. The minimum Gasteiger partial charge on any atom is -0.463 e. The number of thiazole rings is 1. The molecule has 2 aromatic carbocycles. The van der Waals surface area contributed by atoms with Crippen molar-refractivity contribution in [1.82, 2.24) is 4.98 Å². The van der Waals surface area contributed by atoms with E-state index in [1.54, 1.807) is 24.3 Å². The van der Waals surface area contributed by atoms with Gasteiger partial charge in [-0.05, 0) is 37.5 Å². The topological polar surface area (TPSA) is 39.2 Å². The average Bonchev–Trinajstić information content (AvgIpc) is 3.07. The van der Waals surface area contributed by atoms with Gasteiger partial charge < -0.3 is 4.74 Å². The second kappa shape index (κ2) is 9.28. The smallest absolute Gasteiger partial charge is 0.330 e. The fourth-order valence-corrected chi connectivity index (χ4v) is 3.78. The van der Waals surface area contributed by atoms with Gasteiger partial charge in [0.05, 0.1) is 17.3 Å². The van der Waals surface area contributed by atoms with Crippen LogP contribution in [-0.4, -0.2) is 17.6 Å². The highest BCUT2D eigenvalue weighted by Crippen LogP contribution is 2.28. The number of benzene rings is 2. The zero-order valence-corrected chi connectivity index (χ0v) is 16.5. The molecule has 27 heavy (non-hydrogen) atoms. The molecule has 0 saturated heterocycles. The summed E-state index contributed by atoms with van der Waals surface area (Å²) in [5.74, 6) is -0.310. The third-order valence-electron chi connectivity index (χ3n) is 4.19. The first-order valence-electron chi connectivity index (χ1n) is 9.11. The van der Waals surface area contributed by atoms with Gasteiger partial charge in [0.25, 0.3) is 0 Å². The quantitative estimate of drug-likeness (QED) is 0.404. The van der Waals surface area contributed by atoms with Crippen molar-refractivity contribution < 1.29 is 9.53 Å². The molecule has 4 heteroatoms. The molecule has 0 amide bonds. The Morgan fingerprint density at radius 1 is 1.07 bits per heavy atom. The van der Waals surface area contributed by atoms with Crippen LogP contribution in [-0.2, 0) is 22.4 Å². The maximum Gasteiger partial charge on any atom is 0.330 e. The minimum atomic E-state index is -0.310. The summed E-state index contributed by atoms with van der Waals surface area (Å²) in [5.41, 5.74) is 4.52. The number of ether oxygens (including phenoxy) is 1. The van der Waals surface area contributed by atoms with E-state index in [1.165, 1.54) is 22.1 Å². The van der Waals surface area contributed by atoms with Crippen LogP contribution in [0.1, 0.15) is 27.9 Å². The van der Waals surface area contributed by atoms with E-state index in [-0.39, 0.29) is 5.97 Å². The average molecular weight is 378 g/mol. The van der Waals surface area contributed by atoms with Gasteiger partial charge in [-0.3, -0.25) is 0 Å². The third-order valence-corrected chi connectivity index (χ3v) is 5.22. The first-order chi connectivity index (χ1) is 13.2. The maximum absolute atomic E-state index is 11.4. The van der Waals surface area contributed by atoms with Gasteiger partial charge >= 0.3 is 5.97 Å². The fourth-order valence-electron chi connectivity index (χ4n) is 2.82. The number of carbonyl (C=O) groups is 1. The predicted molar refractivity (Wildman–Crippen MR) is 112 cm³/mol. The molecule has 1 aromatic heterocycles. The van der Waals surface area contributed by atoms with E-state index >= 15 is 0 Å². The van der Waals surface area contributed by atoms with E-state index in [1.807, 2.05) is 30.3 Å². The number of nitrogens with zero attached hydrogens (tertiary/aromatic N) is 1. The van der Waals surface area contributed by atoms with Crippen molar-refractivity contribution in [1.29, 1.82) is 0 Å². The fraction of sp³-hybridized carbons (Fsp3) is 0.217. The highest BCUT2D eigenvalue weighted by atomic mass is 32.1. The lowest BCUT2D eigenvalue weighted by atomic mass is 10.1. The zero-order valence-electron chi connectivity index (χ0n) is 15.6. The van der Waals surface area contributed by atoms with Crippen LogP contribution in [0, 0.1) is 6.92 Å². The summed E-state index contributed by atoms with van der Waals surface area (Å²) in [5, 5.41) is 1.16. The molecule has 0 bridgehead atoms. The molecule has 1 heterocycles. The molecule has 0 N–H and O–H groups in total. The predicted octanol–water partition coefficient (Wildman–Crippen LogP) is 5.48. The van der Waals surface area contributed by atoms with E-state index in [9.17, 15) is 4.79 Å². The van der Waals surface area contributed by atoms with Gasteiger partial charge in [-0.2, -0.15) is 0 Å². The number of esters is 1. The molecule has 3 rings (SSSR count). The molecule has 0 fully saturated rings. The Morgan fingerprint density at radius 3 is 2.52 bits per heavy atom. The molecular formula is C23H23NO2S. The van der Waals surface area contributed by atoms with Crippen molar-refractivity contribution in [2.45, 2.75) is 26.7 Å².